The van der Waals surface area contributed by atoms with Crippen LogP contribution in [0.15, 0.2) is 0 Å². The van der Waals surface area contributed by atoms with Gasteiger partial charge in [-0.05, 0) is 39.9 Å². The Morgan fingerprint density at radius 1 is 1.35 bits per heavy atom. The predicted octanol–water partition coefficient (Wildman–Crippen LogP) is 2.74. The summed E-state index contributed by atoms with van der Waals surface area (Å²) in [4.78, 5) is 20.5. The fourth-order valence-electron chi connectivity index (χ4n) is 1.97. The second kappa shape index (κ2) is 7.59. The van der Waals surface area contributed by atoms with Gasteiger partial charge in [0, 0.05) is 13.1 Å². The van der Waals surface area contributed by atoms with Gasteiger partial charge >= 0.3 is 5.97 Å². The van der Waals surface area contributed by atoms with Gasteiger partial charge in [0.2, 0.25) is 0 Å². The Hall–Kier alpha value is -1.14. The van der Waals surface area contributed by atoms with E-state index in [1.54, 1.807) is 0 Å². The molecule has 5 nitrogen and oxygen atoms in total. The first-order valence-corrected chi connectivity index (χ1v) is 7.82. The third-order valence-corrected chi connectivity index (χ3v) is 4.19. The van der Waals surface area contributed by atoms with E-state index in [1.165, 1.54) is 11.3 Å². The second-order valence-corrected chi connectivity index (χ2v) is 6.38. The van der Waals surface area contributed by atoms with Crippen LogP contribution in [0.5, 0.6) is 0 Å². The van der Waals surface area contributed by atoms with Crippen LogP contribution in [0.4, 0.5) is 5.13 Å². The Morgan fingerprint density at radius 2 is 2.00 bits per heavy atom. The van der Waals surface area contributed by atoms with Crippen LogP contribution in [-0.4, -0.2) is 54.7 Å². The standard InChI is InChI=1S/C14H25N3O2S/c1-6-17(9-7-8-16(4)5)14-15-11(10(2)3)12(20-14)13(18)19/h10H,6-9H2,1-5H3,(H,18,19). The van der Waals surface area contributed by atoms with Crippen molar-refractivity contribution in [1.29, 1.82) is 0 Å². The monoisotopic (exact) mass is 299 g/mol. The highest BCUT2D eigenvalue weighted by atomic mass is 32.1. The Morgan fingerprint density at radius 3 is 2.40 bits per heavy atom. The van der Waals surface area contributed by atoms with Gasteiger partial charge in [-0.25, -0.2) is 9.78 Å². The number of anilines is 1. The van der Waals surface area contributed by atoms with Crippen molar-refractivity contribution < 1.29 is 9.90 Å². The van der Waals surface area contributed by atoms with E-state index in [-0.39, 0.29) is 5.92 Å². The Bertz CT molecular complexity index is 444. The van der Waals surface area contributed by atoms with Gasteiger partial charge in [0.1, 0.15) is 4.88 Å². The fourth-order valence-corrected chi connectivity index (χ4v) is 3.12. The largest absolute Gasteiger partial charge is 0.477 e. The van der Waals surface area contributed by atoms with E-state index >= 15 is 0 Å². The lowest BCUT2D eigenvalue weighted by Crippen LogP contribution is -2.26. The smallest absolute Gasteiger partial charge is 0.347 e. The molecule has 0 aliphatic rings. The zero-order valence-corrected chi connectivity index (χ0v) is 13.8. The quantitative estimate of drug-likeness (QED) is 0.800. The molecule has 0 bridgehead atoms. The van der Waals surface area contributed by atoms with Gasteiger partial charge in [-0.2, -0.15) is 0 Å². The second-order valence-electron chi connectivity index (χ2n) is 5.41. The molecule has 20 heavy (non-hydrogen) atoms. The van der Waals surface area contributed by atoms with Crippen molar-refractivity contribution in [2.24, 2.45) is 0 Å². The highest BCUT2D eigenvalue weighted by Crippen LogP contribution is 2.30. The molecule has 0 fully saturated rings. The molecule has 0 saturated heterocycles. The third kappa shape index (κ3) is 4.45. The normalized spacial score (nSPS) is 11.3. The minimum absolute atomic E-state index is 0.131. The summed E-state index contributed by atoms with van der Waals surface area (Å²) in [5.41, 5.74) is 0.698. The SMILES string of the molecule is CCN(CCCN(C)C)c1nc(C(C)C)c(C(=O)O)s1. The maximum Gasteiger partial charge on any atom is 0.347 e. The number of nitrogens with zero attached hydrogens (tertiary/aromatic N) is 3. The molecule has 1 rings (SSSR count). The molecule has 0 aromatic carbocycles. The van der Waals surface area contributed by atoms with Gasteiger partial charge < -0.3 is 14.9 Å². The van der Waals surface area contributed by atoms with Gasteiger partial charge in [-0.3, -0.25) is 0 Å². The van der Waals surface area contributed by atoms with Crippen LogP contribution < -0.4 is 4.90 Å². The van der Waals surface area contributed by atoms with Crippen LogP contribution >= 0.6 is 11.3 Å². The minimum atomic E-state index is -0.873. The van der Waals surface area contributed by atoms with E-state index in [2.05, 4.69) is 35.8 Å². The summed E-state index contributed by atoms with van der Waals surface area (Å²) in [6.07, 6.45) is 1.04. The number of aromatic carboxylic acids is 1. The topological polar surface area (TPSA) is 56.7 Å². The number of hydrogen-bond donors (Lipinski definition) is 1. The average molecular weight is 299 g/mol. The summed E-state index contributed by atoms with van der Waals surface area (Å²) in [5.74, 6) is -0.742. The van der Waals surface area contributed by atoms with E-state index in [1.807, 2.05) is 13.8 Å². The van der Waals surface area contributed by atoms with Gasteiger partial charge in [-0.15, -0.1) is 0 Å². The summed E-state index contributed by atoms with van der Waals surface area (Å²) in [5, 5.41) is 10.1. The maximum atomic E-state index is 11.3. The molecule has 0 amide bonds. The molecule has 0 atom stereocenters. The van der Waals surface area contributed by atoms with Crippen molar-refractivity contribution in [3.05, 3.63) is 10.6 Å². The molecule has 0 saturated carbocycles. The maximum absolute atomic E-state index is 11.3. The van der Waals surface area contributed by atoms with E-state index < -0.39 is 5.97 Å². The van der Waals surface area contributed by atoms with Crippen LogP contribution in [0.1, 0.15) is 48.5 Å². The van der Waals surface area contributed by atoms with Crippen LogP contribution in [0, 0.1) is 0 Å². The van der Waals surface area contributed by atoms with E-state index in [9.17, 15) is 9.90 Å². The highest BCUT2D eigenvalue weighted by Gasteiger charge is 2.21. The molecule has 1 aromatic heterocycles. The summed E-state index contributed by atoms with van der Waals surface area (Å²) < 4.78 is 0. The summed E-state index contributed by atoms with van der Waals surface area (Å²) in [7, 11) is 4.11. The number of rotatable bonds is 8. The van der Waals surface area contributed by atoms with Gasteiger partial charge in [0.25, 0.3) is 0 Å². The number of thiazole rings is 1. The van der Waals surface area contributed by atoms with Crippen LogP contribution in [0.3, 0.4) is 0 Å². The average Bonchev–Trinajstić information content (AvgIpc) is 2.79. The number of hydrogen-bond acceptors (Lipinski definition) is 5. The Kier molecular flexibility index (Phi) is 6.42. The first-order chi connectivity index (χ1) is 9.36. The molecule has 0 unspecified atom stereocenters. The van der Waals surface area contributed by atoms with Crippen LogP contribution in [-0.2, 0) is 0 Å². The van der Waals surface area contributed by atoms with Crippen molar-refractivity contribution in [2.75, 3.05) is 38.6 Å². The molecule has 0 aliphatic carbocycles. The van der Waals surface area contributed by atoms with Crippen molar-refractivity contribution in [3.8, 4) is 0 Å². The van der Waals surface area contributed by atoms with E-state index in [0.717, 1.165) is 31.2 Å². The van der Waals surface area contributed by atoms with Gasteiger partial charge in [0.15, 0.2) is 5.13 Å². The van der Waals surface area contributed by atoms with Crippen LogP contribution in [0.2, 0.25) is 0 Å². The molecule has 0 spiro atoms. The molecule has 1 N–H and O–H groups in total. The first kappa shape index (κ1) is 16.9. The van der Waals surface area contributed by atoms with E-state index in [4.69, 9.17) is 0 Å². The lowest BCUT2D eigenvalue weighted by Gasteiger charge is -2.20. The lowest BCUT2D eigenvalue weighted by molar-refractivity contribution is 0.0700. The molecular weight excluding hydrogens is 274 g/mol. The summed E-state index contributed by atoms with van der Waals surface area (Å²) >= 11 is 1.29. The fraction of sp³-hybridized carbons (Fsp3) is 0.714. The Labute approximate surface area is 125 Å². The van der Waals surface area contributed by atoms with E-state index in [0.29, 0.717) is 10.6 Å². The number of aromatic nitrogens is 1. The molecule has 0 aliphatic heterocycles. The molecule has 0 radical (unpaired) electrons. The number of carboxylic acid groups (broad SMARTS) is 1. The van der Waals surface area contributed by atoms with Crippen molar-refractivity contribution in [1.82, 2.24) is 9.88 Å². The van der Waals surface area contributed by atoms with Gasteiger partial charge in [0.05, 0.1) is 5.69 Å². The minimum Gasteiger partial charge on any atom is -0.477 e. The summed E-state index contributed by atoms with van der Waals surface area (Å²) in [6.45, 7) is 8.80. The number of carbonyl (C=O) groups is 1. The molecule has 1 heterocycles. The zero-order valence-electron chi connectivity index (χ0n) is 13.0. The molecule has 6 heteroatoms. The predicted molar refractivity (Wildman–Crippen MR) is 84.2 cm³/mol. The molecular formula is C14H25N3O2S. The van der Waals surface area contributed by atoms with Crippen molar-refractivity contribution >= 4 is 22.4 Å². The molecule has 1 aromatic rings. The highest BCUT2D eigenvalue weighted by molar-refractivity contribution is 7.17. The number of carboxylic acids is 1. The Balaban J connectivity index is 2.87. The molecule has 114 valence electrons. The van der Waals surface area contributed by atoms with Gasteiger partial charge in [-0.1, -0.05) is 25.2 Å². The zero-order chi connectivity index (χ0) is 15.3. The summed E-state index contributed by atoms with van der Waals surface area (Å²) in [6, 6.07) is 0. The van der Waals surface area contributed by atoms with Crippen molar-refractivity contribution in [2.45, 2.75) is 33.1 Å². The van der Waals surface area contributed by atoms with Crippen molar-refractivity contribution in [3.63, 3.8) is 0 Å². The third-order valence-electron chi connectivity index (χ3n) is 3.07. The van der Waals surface area contributed by atoms with Crippen LogP contribution in [0.25, 0.3) is 0 Å². The first-order valence-electron chi connectivity index (χ1n) is 7.00. The lowest BCUT2D eigenvalue weighted by atomic mass is 10.1.